The van der Waals surface area contributed by atoms with Crippen molar-refractivity contribution in [1.82, 2.24) is 5.32 Å². The lowest BCUT2D eigenvalue weighted by Crippen LogP contribution is -2.28. The summed E-state index contributed by atoms with van der Waals surface area (Å²) in [6, 6.07) is 28.2. The zero-order chi connectivity index (χ0) is 19.8. The lowest BCUT2D eigenvalue weighted by Gasteiger charge is -2.20. The molecule has 28 heavy (non-hydrogen) atoms. The Hall–Kier alpha value is -3.07. The normalized spacial score (nSPS) is 11.8. The van der Waals surface area contributed by atoms with E-state index in [0.29, 0.717) is 13.0 Å². The number of rotatable bonds is 8. The second kappa shape index (κ2) is 9.75. The molecular weight excluding hydrogens is 346 g/mol. The Morgan fingerprint density at radius 2 is 1.36 bits per heavy atom. The number of carbonyl (C=O) groups excluding carboxylic acids is 1. The van der Waals surface area contributed by atoms with E-state index in [1.165, 1.54) is 0 Å². The molecule has 0 spiro atoms. The lowest BCUT2D eigenvalue weighted by atomic mass is 9.88. The van der Waals surface area contributed by atoms with E-state index in [-0.39, 0.29) is 17.9 Å². The summed E-state index contributed by atoms with van der Waals surface area (Å²) in [6.45, 7) is 4.62. The number of hydrogen-bond donors (Lipinski definition) is 1. The highest BCUT2D eigenvalue weighted by molar-refractivity contribution is 5.78. The molecule has 3 aromatic carbocycles. The standard InChI is InChI=1S/C25H27NO2/c1-3-28-23-16-14-20(15-17-23)19(2)26-25(27)18-24(21-10-6-4-7-11-21)22-12-8-5-9-13-22/h4-17,19,24H,3,18H2,1-2H3,(H,26,27)/t19-/m1/s1. The molecule has 0 fully saturated rings. The van der Waals surface area contributed by atoms with E-state index in [2.05, 4.69) is 29.6 Å². The van der Waals surface area contributed by atoms with Gasteiger partial charge in [-0.2, -0.15) is 0 Å². The van der Waals surface area contributed by atoms with Gasteiger partial charge in [0.1, 0.15) is 5.75 Å². The minimum Gasteiger partial charge on any atom is -0.494 e. The van der Waals surface area contributed by atoms with Gasteiger partial charge in [0.15, 0.2) is 0 Å². The van der Waals surface area contributed by atoms with Crippen LogP contribution in [0, 0.1) is 0 Å². The zero-order valence-electron chi connectivity index (χ0n) is 16.5. The van der Waals surface area contributed by atoms with Crippen LogP contribution in [-0.2, 0) is 4.79 Å². The predicted octanol–water partition coefficient (Wildman–Crippen LogP) is 5.48. The fourth-order valence-corrected chi connectivity index (χ4v) is 3.39. The SMILES string of the molecule is CCOc1ccc([C@@H](C)NC(=O)CC(c2ccccc2)c2ccccc2)cc1. The first kappa shape index (κ1) is 19.7. The minimum absolute atomic E-state index is 0.0370. The molecule has 0 saturated heterocycles. The van der Waals surface area contributed by atoms with Crippen molar-refractivity contribution in [2.45, 2.75) is 32.2 Å². The van der Waals surface area contributed by atoms with Crippen molar-refractivity contribution < 1.29 is 9.53 Å². The number of nitrogens with one attached hydrogen (secondary N) is 1. The minimum atomic E-state index is -0.0598. The van der Waals surface area contributed by atoms with E-state index in [1.54, 1.807) is 0 Å². The van der Waals surface area contributed by atoms with Gasteiger partial charge in [0.05, 0.1) is 12.6 Å². The van der Waals surface area contributed by atoms with E-state index in [0.717, 1.165) is 22.4 Å². The van der Waals surface area contributed by atoms with Crippen LogP contribution in [0.15, 0.2) is 84.9 Å². The Labute approximate surface area is 167 Å². The van der Waals surface area contributed by atoms with Gasteiger partial charge in [-0.25, -0.2) is 0 Å². The summed E-state index contributed by atoms with van der Waals surface area (Å²) in [4.78, 5) is 12.8. The number of benzene rings is 3. The maximum Gasteiger partial charge on any atom is 0.221 e. The maximum atomic E-state index is 12.8. The summed E-state index contributed by atoms with van der Waals surface area (Å²) in [5, 5.41) is 3.14. The predicted molar refractivity (Wildman–Crippen MR) is 114 cm³/mol. The fourth-order valence-electron chi connectivity index (χ4n) is 3.39. The highest BCUT2D eigenvalue weighted by Crippen LogP contribution is 2.28. The molecule has 3 aromatic rings. The summed E-state index contributed by atoms with van der Waals surface area (Å²) in [7, 11) is 0. The van der Waals surface area contributed by atoms with E-state index < -0.39 is 0 Å². The molecule has 0 aliphatic heterocycles. The quantitative estimate of drug-likeness (QED) is 0.567. The van der Waals surface area contributed by atoms with Gasteiger partial charge in [-0.05, 0) is 42.7 Å². The van der Waals surface area contributed by atoms with Crippen molar-refractivity contribution in [3.63, 3.8) is 0 Å². The molecule has 1 N–H and O–H groups in total. The third-order valence-electron chi connectivity index (χ3n) is 4.86. The van der Waals surface area contributed by atoms with E-state index in [9.17, 15) is 4.79 Å². The van der Waals surface area contributed by atoms with Crippen molar-refractivity contribution in [1.29, 1.82) is 0 Å². The summed E-state index contributed by atoms with van der Waals surface area (Å²) < 4.78 is 5.48. The Morgan fingerprint density at radius 3 is 1.86 bits per heavy atom. The average Bonchev–Trinajstić information content (AvgIpc) is 2.74. The summed E-state index contributed by atoms with van der Waals surface area (Å²) in [6.07, 6.45) is 0.412. The first-order chi connectivity index (χ1) is 13.7. The summed E-state index contributed by atoms with van der Waals surface area (Å²) >= 11 is 0. The van der Waals surface area contributed by atoms with Gasteiger partial charge in [0, 0.05) is 12.3 Å². The molecule has 0 aliphatic carbocycles. The Balaban J connectivity index is 1.70. The van der Waals surface area contributed by atoms with Crippen LogP contribution in [0.4, 0.5) is 0 Å². The Bertz CT molecular complexity index is 821. The number of carbonyl (C=O) groups is 1. The van der Waals surface area contributed by atoms with Gasteiger partial charge in [0.2, 0.25) is 5.91 Å². The van der Waals surface area contributed by atoms with Crippen LogP contribution in [0.25, 0.3) is 0 Å². The van der Waals surface area contributed by atoms with Crippen molar-refractivity contribution in [3.05, 3.63) is 102 Å². The van der Waals surface area contributed by atoms with Crippen LogP contribution in [-0.4, -0.2) is 12.5 Å². The molecule has 1 atom stereocenters. The summed E-state index contributed by atoms with van der Waals surface area (Å²) in [5.41, 5.74) is 3.36. The molecule has 0 saturated carbocycles. The van der Waals surface area contributed by atoms with Gasteiger partial charge < -0.3 is 10.1 Å². The smallest absolute Gasteiger partial charge is 0.221 e. The van der Waals surface area contributed by atoms with Crippen LogP contribution in [0.5, 0.6) is 5.75 Å². The number of hydrogen-bond acceptors (Lipinski definition) is 2. The van der Waals surface area contributed by atoms with Crippen molar-refractivity contribution >= 4 is 5.91 Å². The molecule has 0 bridgehead atoms. The molecule has 0 aromatic heterocycles. The fraction of sp³-hybridized carbons (Fsp3) is 0.240. The topological polar surface area (TPSA) is 38.3 Å². The molecular formula is C25H27NO2. The second-order valence-electron chi connectivity index (χ2n) is 6.87. The maximum absolute atomic E-state index is 12.8. The van der Waals surface area contributed by atoms with E-state index >= 15 is 0 Å². The molecule has 1 amide bonds. The third-order valence-corrected chi connectivity index (χ3v) is 4.86. The van der Waals surface area contributed by atoms with Crippen molar-refractivity contribution in [2.75, 3.05) is 6.61 Å². The first-order valence-corrected chi connectivity index (χ1v) is 9.79. The first-order valence-electron chi connectivity index (χ1n) is 9.79. The van der Waals surface area contributed by atoms with Crippen molar-refractivity contribution in [3.8, 4) is 5.75 Å². The van der Waals surface area contributed by atoms with Gasteiger partial charge in [-0.1, -0.05) is 72.8 Å². The molecule has 3 heteroatoms. The van der Waals surface area contributed by atoms with Gasteiger partial charge in [-0.15, -0.1) is 0 Å². The molecule has 0 radical (unpaired) electrons. The molecule has 3 rings (SSSR count). The molecule has 0 unspecified atom stereocenters. The van der Waals surface area contributed by atoms with E-state index in [4.69, 9.17) is 4.74 Å². The van der Waals surface area contributed by atoms with Gasteiger partial charge >= 0.3 is 0 Å². The monoisotopic (exact) mass is 373 g/mol. The molecule has 3 nitrogen and oxygen atoms in total. The van der Waals surface area contributed by atoms with Crippen LogP contribution in [0.2, 0.25) is 0 Å². The molecule has 0 aliphatic rings. The number of ether oxygens (including phenoxy) is 1. The van der Waals surface area contributed by atoms with Crippen molar-refractivity contribution in [2.24, 2.45) is 0 Å². The molecule has 0 heterocycles. The van der Waals surface area contributed by atoms with Crippen LogP contribution < -0.4 is 10.1 Å². The largest absolute Gasteiger partial charge is 0.494 e. The molecule has 144 valence electrons. The van der Waals surface area contributed by atoms with Crippen LogP contribution in [0.3, 0.4) is 0 Å². The van der Waals surface area contributed by atoms with Gasteiger partial charge in [-0.3, -0.25) is 4.79 Å². The van der Waals surface area contributed by atoms with Gasteiger partial charge in [0.25, 0.3) is 0 Å². The lowest BCUT2D eigenvalue weighted by molar-refractivity contribution is -0.121. The Kier molecular flexibility index (Phi) is 6.85. The summed E-state index contributed by atoms with van der Waals surface area (Å²) in [5.74, 6) is 0.923. The average molecular weight is 373 g/mol. The Morgan fingerprint density at radius 1 is 0.821 bits per heavy atom. The third kappa shape index (κ3) is 5.23. The number of amides is 1. The van der Waals surface area contributed by atoms with Crippen LogP contribution >= 0.6 is 0 Å². The van der Waals surface area contributed by atoms with Crippen LogP contribution in [0.1, 0.15) is 48.9 Å². The highest BCUT2D eigenvalue weighted by Gasteiger charge is 2.19. The highest BCUT2D eigenvalue weighted by atomic mass is 16.5. The zero-order valence-corrected chi connectivity index (χ0v) is 16.5. The van der Waals surface area contributed by atoms with E-state index in [1.807, 2.05) is 74.5 Å². The second-order valence-corrected chi connectivity index (χ2v) is 6.87.